The molecule has 0 unspecified atom stereocenters. The summed E-state index contributed by atoms with van der Waals surface area (Å²) in [5.74, 6) is 1.14. The maximum Gasteiger partial charge on any atom is 0.244 e. The smallest absolute Gasteiger partial charge is 0.244 e. The molecular formula is C16H22N6O. The van der Waals surface area contributed by atoms with Crippen LogP contribution < -0.4 is 10.6 Å². The first kappa shape index (κ1) is 16.8. The molecule has 0 fully saturated rings. The van der Waals surface area contributed by atoms with E-state index in [2.05, 4.69) is 30.7 Å². The number of hydrogen-bond acceptors (Lipinski definition) is 7. The van der Waals surface area contributed by atoms with Gasteiger partial charge in [0, 0.05) is 17.8 Å². The quantitative estimate of drug-likeness (QED) is 0.571. The molecule has 2 aromatic rings. The summed E-state index contributed by atoms with van der Waals surface area (Å²) < 4.78 is 0. The van der Waals surface area contributed by atoms with Crippen LogP contribution in [0.1, 0.15) is 23.7 Å². The molecule has 0 aliphatic carbocycles. The van der Waals surface area contributed by atoms with E-state index >= 15 is 0 Å². The van der Waals surface area contributed by atoms with Gasteiger partial charge in [-0.25, -0.2) is 0 Å². The summed E-state index contributed by atoms with van der Waals surface area (Å²) in [6, 6.07) is 7.23. The van der Waals surface area contributed by atoms with E-state index in [4.69, 9.17) is 0 Å². The van der Waals surface area contributed by atoms with E-state index in [9.17, 15) is 4.79 Å². The second-order valence-electron chi connectivity index (χ2n) is 5.51. The van der Waals surface area contributed by atoms with Crippen LogP contribution in [0.3, 0.4) is 0 Å². The third-order valence-electron chi connectivity index (χ3n) is 3.19. The molecule has 0 bridgehead atoms. The van der Waals surface area contributed by atoms with E-state index in [1.54, 1.807) is 25.3 Å². The van der Waals surface area contributed by atoms with Gasteiger partial charge in [-0.15, -0.1) is 5.10 Å². The number of Topliss-reactive ketones (excluding diaryl/α,β-unsaturated/α-hetero) is 1. The second-order valence-corrected chi connectivity index (χ2v) is 5.51. The predicted octanol–water partition coefficient (Wildman–Crippen LogP) is 2.18. The Labute approximate surface area is 136 Å². The van der Waals surface area contributed by atoms with Crippen molar-refractivity contribution in [2.45, 2.75) is 13.3 Å². The topological polar surface area (TPSA) is 83.0 Å². The summed E-state index contributed by atoms with van der Waals surface area (Å²) in [7, 11) is 4.08. The first-order chi connectivity index (χ1) is 11.0. The predicted molar refractivity (Wildman–Crippen MR) is 91.2 cm³/mol. The Hall–Kier alpha value is -2.54. The van der Waals surface area contributed by atoms with E-state index in [1.165, 1.54) is 0 Å². The Kier molecular flexibility index (Phi) is 5.99. The van der Waals surface area contributed by atoms with E-state index in [-0.39, 0.29) is 5.78 Å². The van der Waals surface area contributed by atoms with Crippen LogP contribution in [0.5, 0.6) is 0 Å². The zero-order chi connectivity index (χ0) is 16.7. The van der Waals surface area contributed by atoms with Gasteiger partial charge in [-0.1, -0.05) is 0 Å². The van der Waals surface area contributed by atoms with Gasteiger partial charge in [0.15, 0.2) is 11.6 Å². The van der Waals surface area contributed by atoms with Gasteiger partial charge in [0.05, 0.1) is 6.20 Å². The van der Waals surface area contributed by atoms with Gasteiger partial charge in [-0.05, 0) is 58.3 Å². The lowest BCUT2D eigenvalue weighted by molar-refractivity contribution is 0.101. The van der Waals surface area contributed by atoms with Crippen molar-refractivity contribution in [3.63, 3.8) is 0 Å². The lowest BCUT2D eigenvalue weighted by atomic mass is 10.1. The largest absolute Gasteiger partial charge is 0.353 e. The van der Waals surface area contributed by atoms with Crippen LogP contribution in [0.25, 0.3) is 0 Å². The fourth-order valence-corrected chi connectivity index (χ4v) is 1.97. The van der Waals surface area contributed by atoms with E-state index in [0.717, 1.165) is 25.2 Å². The zero-order valence-corrected chi connectivity index (χ0v) is 13.7. The number of nitrogens with one attached hydrogen (secondary N) is 2. The number of anilines is 3. The molecule has 0 saturated carbocycles. The molecule has 7 nitrogen and oxygen atoms in total. The molecule has 23 heavy (non-hydrogen) atoms. The summed E-state index contributed by atoms with van der Waals surface area (Å²) >= 11 is 0. The Bertz CT molecular complexity index is 641. The van der Waals surface area contributed by atoms with Gasteiger partial charge in [0.1, 0.15) is 0 Å². The minimum absolute atomic E-state index is 0.0458. The molecule has 0 aliphatic heterocycles. The average Bonchev–Trinajstić information content (AvgIpc) is 2.52. The van der Waals surface area contributed by atoms with Crippen molar-refractivity contribution >= 4 is 23.2 Å². The maximum absolute atomic E-state index is 11.3. The number of carbonyl (C=O) groups is 1. The van der Waals surface area contributed by atoms with Crippen molar-refractivity contribution < 1.29 is 4.79 Å². The fourth-order valence-electron chi connectivity index (χ4n) is 1.97. The minimum Gasteiger partial charge on any atom is -0.353 e. The first-order valence-electron chi connectivity index (χ1n) is 7.51. The maximum atomic E-state index is 11.3. The van der Waals surface area contributed by atoms with Gasteiger partial charge in [-0.3, -0.25) is 4.79 Å². The van der Waals surface area contributed by atoms with Gasteiger partial charge < -0.3 is 15.5 Å². The highest BCUT2D eigenvalue weighted by atomic mass is 16.1. The third kappa shape index (κ3) is 5.63. The molecule has 1 heterocycles. The highest BCUT2D eigenvalue weighted by Gasteiger charge is 2.03. The molecule has 0 amide bonds. The van der Waals surface area contributed by atoms with Crippen molar-refractivity contribution in [3.05, 3.63) is 36.0 Å². The molecule has 2 rings (SSSR count). The standard InChI is InChI=1S/C16H22N6O/c1-12(23)13-5-7-14(8-6-13)19-15-11-18-21-16(20-15)17-9-4-10-22(2)3/h5-8,11H,4,9-10H2,1-3H3,(H2,17,19,20,21). The monoisotopic (exact) mass is 314 g/mol. The Balaban J connectivity index is 1.92. The first-order valence-corrected chi connectivity index (χ1v) is 7.51. The molecule has 0 radical (unpaired) electrons. The summed E-state index contributed by atoms with van der Waals surface area (Å²) in [6.07, 6.45) is 2.56. The molecule has 0 saturated heterocycles. The molecular weight excluding hydrogens is 292 g/mol. The van der Waals surface area contributed by atoms with Crippen molar-refractivity contribution in [1.29, 1.82) is 0 Å². The summed E-state index contributed by atoms with van der Waals surface area (Å²) in [6.45, 7) is 3.34. The molecule has 0 aliphatic rings. The molecule has 1 aromatic carbocycles. The molecule has 2 N–H and O–H groups in total. The van der Waals surface area contributed by atoms with Crippen LogP contribution >= 0.6 is 0 Å². The van der Waals surface area contributed by atoms with Crippen LogP contribution in [0.4, 0.5) is 17.5 Å². The molecule has 122 valence electrons. The Morgan fingerprint density at radius 2 is 1.96 bits per heavy atom. The highest BCUT2D eigenvalue weighted by molar-refractivity contribution is 5.94. The fraction of sp³-hybridized carbons (Fsp3) is 0.375. The van der Waals surface area contributed by atoms with E-state index in [1.807, 2.05) is 26.2 Å². The minimum atomic E-state index is 0.0458. The highest BCUT2D eigenvalue weighted by Crippen LogP contribution is 2.15. The Morgan fingerprint density at radius 1 is 1.22 bits per heavy atom. The summed E-state index contributed by atoms with van der Waals surface area (Å²) in [5.41, 5.74) is 1.52. The van der Waals surface area contributed by atoms with E-state index in [0.29, 0.717) is 17.3 Å². The van der Waals surface area contributed by atoms with Gasteiger partial charge in [0.25, 0.3) is 0 Å². The van der Waals surface area contributed by atoms with Crippen molar-refractivity contribution in [3.8, 4) is 0 Å². The van der Waals surface area contributed by atoms with E-state index < -0.39 is 0 Å². The van der Waals surface area contributed by atoms with Crippen molar-refractivity contribution in [1.82, 2.24) is 20.1 Å². The number of benzene rings is 1. The lowest BCUT2D eigenvalue weighted by Crippen LogP contribution is -2.17. The number of nitrogens with zero attached hydrogens (tertiary/aromatic N) is 4. The van der Waals surface area contributed by atoms with Crippen LogP contribution in [0.2, 0.25) is 0 Å². The van der Waals surface area contributed by atoms with Crippen LogP contribution in [0.15, 0.2) is 30.5 Å². The summed E-state index contributed by atoms with van der Waals surface area (Å²) in [4.78, 5) is 17.8. The van der Waals surface area contributed by atoms with Gasteiger partial charge >= 0.3 is 0 Å². The molecule has 7 heteroatoms. The number of rotatable bonds is 8. The van der Waals surface area contributed by atoms with Gasteiger partial charge in [-0.2, -0.15) is 10.1 Å². The zero-order valence-electron chi connectivity index (χ0n) is 13.7. The lowest BCUT2D eigenvalue weighted by Gasteiger charge is -2.10. The molecule has 0 atom stereocenters. The average molecular weight is 314 g/mol. The second kappa shape index (κ2) is 8.19. The van der Waals surface area contributed by atoms with Crippen molar-refractivity contribution in [2.24, 2.45) is 0 Å². The van der Waals surface area contributed by atoms with Gasteiger partial charge in [0.2, 0.25) is 5.95 Å². The number of hydrogen-bond donors (Lipinski definition) is 2. The third-order valence-corrected chi connectivity index (χ3v) is 3.19. The van der Waals surface area contributed by atoms with Crippen LogP contribution in [0, 0.1) is 0 Å². The number of carbonyl (C=O) groups excluding carboxylic acids is 1. The molecule has 1 aromatic heterocycles. The number of ketones is 1. The van der Waals surface area contributed by atoms with Crippen LogP contribution in [-0.4, -0.2) is 53.0 Å². The van der Waals surface area contributed by atoms with Crippen molar-refractivity contribution in [2.75, 3.05) is 37.8 Å². The Morgan fingerprint density at radius 3 is 2.61 bits per heavy atom. The summed E-state index contributed by atoms with van der Waals surface area (Å²) in [5, 5.41) is 14.2. The SMILES string of the molecule is CC(=O)c1ccc(Nc2cnnc(NCCCN(C)C)n2)cc1. The van der Waals surface area contributed by atoms with Crippen LogP contribution in [-0.2, 0) is 0 Å². The number of aromatic nitrogens is 3. The molecule has 0 spiro atoms. The normalized spacial score (nSPS) is 10.6.